The quantitative estimate of drug-likeness (QED) is 0.932. The van der Waals surface area contributed by atoms with E-state index in [1.165, 1.54) is 5.69 Å². The van der Waals surface area contributed by atoms with Crippen LogP contribution in [0.3, 0.4) is 0 Å². The number of aliphatic hydroxyl groups excluding tert-OH is 1. The van der Waals surface area contributed by atoms with Crippen molar-refractivity contribution in [2.45, 2.75) is 32.4 Å². The molecular weight excluding hydrogens is 250 g/mol. The Hall–Kier alpha value is -1.81. The summed E-state index contributed by atoms with van der Waals surface area (Å²) in [6, 6.07) is 10.3. The van der Waals surface area contributed by atoms with E-state index in [1.807, 2.05) is 29.9 Å². The number of aryl methyl sites for hydroxylation is 2. The molecule has 3 rings (SSSR count). The van der Waals surface area contributed by atoms with E-state index in [4.69, 9.17) is 0 Å². The molecule has 1 aliphatic rings. The second kappa shape index (κ2) is 5.29. The van der Waals surface area contributed by atoms with Gasteiger partial charge in [0.1, 0.15) is 0 Å². The van der Waals surface area contributed by atoms with Crippen LogP contribution in [0.5, 0.6) is 0 Å². The van der Waals surface area contributed by atoms with Crippen LogP contribution in [0.4, 0.5) is 5.69 Å². The first kappa shape index (κ1) is 13.2. The summed E-state index contributed by atoms with van der Waals surface area (Å²) in [6.07, 6.45) is 1.42. The maximum absolute atomic E-state index is 10.1. The standard InChI is InChI=1S/C16H21N3O/c1-3-12-10-13(18(2)17-12)11-19-9-8-16(20)14-6-4-5-7-15(14)19/h4-7,10,16,20H,3,8-9,11H2,1-2H3. The number of hydrogen-bond donors (Lipinski definition) is 1. The van der Waals surface area contributed by atoms with Crippen LogP contribution < -0.4 is 4.90 Å². The predicted octanol–water partition coefficient (Wildman–Crippen LogP) is 2.43. The lowest BCUT2D eigenvalue weighted by Crippen LogP contribution is -2.31. The average molecular weight is 271 g/mol. The molecule has 1 aromatic heterocycles. The van der Waals surface area contributed by atoms with Gasteiger partial charge in [-0.3, -0.25) is 4.68 Å². The fourth-order valence-electron chi connectivity index (χ4n) is 2.86. The molecule has 106 valence electrons. The Kier molecular flexibility index (Phi) is 3.49. The normalized spacial score (nSPS) is 18.1. The molecule has 1 atom stereocenters. The lowest BCUT2D eigenvalue weighted by Gasteiger charge is -2.33. The Morgan fingerprint density at radius 2 is 2.15 bits per heavy atom. The van der Waals surface area contributed by atoms with Crippen molar-refractivity contribution in [3.05, 3.63) is 47.3 Å². The van der Waals surface area contributed by atoms with Crippen LogP contribution in [-0.2, 0) is 20.0 Å². The van der Waals surface area contributed by atoms with E-state index in [1.54, 1.807) is 0 Å². The highest BCUT2D eigenvalue weighted by Crippen LogP contribution is 2.34. The smallest absolute Gasteiger partial charge is 0.0826 e. The number of fused-ring (bicyclic) bond motifs is 1. The Bertz CT molecular complexity index is 606. The number of aromatic nitrogens is 2. The zero-order valence-corrected chi connectivity index (χ0v) is 12.1. The molecule has 2 heterocycles. The van der Waals surface area contributed by atoms with Crippen LogP contribution >= 0.6 is 0 Å². The van der Waals surface area contributed by atoms with Crippen molar-refractivity contribution in [3.8, 4) is 0 Å². The van der Waals surface area contributed by atoms with Crippen molar-refractivity contribution >= 4 is 5.69 Å². The Balaban J connectivity index is 1.88. The number of hydrogen-bond acceptors (Lipinski definition) is 3. The molecule has 4 nitrogen and oxygen atoms in total. The highest BCUT2D eigenvalue weighted by atomic mass is 16.3. The zero-order valence-electron chi connectivity index (χ0n) is 12.1. The van der Waals surface area contributed by atoms with E-state index in [-0.39, 0.29) is 6.10 Å². The van der Waals surface area contributed by atoms with Crippen molar-refractivity contribution in [3.63, 3.8) is 0 Å². The molecule has 0 saturated carbocycles. The highest BCUT2D eigenvalue weighted by Gasteiger charge is 2.23. The maximum atomic E-state index is 10.1. The Morgan fingerprint density at radius 3 is 2.90 bits per heavy atom. The summed E-state index contributed by atoms with van der Waals surface area (Å²) < 4.78 is 1.96. The third kappa shape index (κ3) is 2.31. The molecule has 1 unspecified atom stereocenters. The van der Waals surface area contributed by atoms with Crippen LogP contribution in [0.2, 0.25) is 0 Å². The molecular formula is C16H21N3O. The number of aliphatic hydroxyl groups is 1. The van der Waals surface area contributed by atoms with Gasteiger partial charge in [-0.1, -0.05) is 25.1 Å². The summed E-state index contributed by atoms with van der Waals surface area (Å²) in [4.78, 5) is 2.33. The van der Waals surface area contributed by atoms with Gasteiger partial charge in [0.15, 0.2) is 0 Å². The van der Waals surface area contributed by atoms with Gasteiger partial charge in [0.2, 0.25) is 0 Å². The van der Waals surface area contributed by atoms with E-state index in [0.29, 0.717) is 0 Å². The number of rotatable bonds is 3. The first-order valence-corrected chi connectivity index (χ1v) is 7.22. The second-order valence-electron chi connectivity index (χ2n) is 5.39. The zero-order chi connectivity index (χ0) is 14.1. The van der Waals surface area contributed by atoms with E-state index < -0.39 is 0 Å². The van der Waals surface area contributed by atoms with E-state index in [9.17, 15) is 5.11 Å². The lowest BCUT2D eigenvalue weighted by molar-refractivity contribution is 0.164. The van der Waals surface area contributed by atoms with Gasteiger partial charge in [0.25, 0.3) is 0 Å². The van der Waals surface area contributed by atoms with Crippen molar-refractivity contribution in [1.29, 1.82) is 0 Å². The van der Waals surface area contributed by atoms with Gasteiger partial charge in [-0.15, -0.1) is 0 Å². The molecule has 1 aromatic carbocycles. The molecule has 4 heteroatoms. The van der Waals surface area contributed by atoms with E-state index in [2.05, 4.69) is 29.1 Å². The number of para-hydroxylation sites is 1. The van der Waals surface area contributed by atoms with Gasteiger partial charge in [-0.2, -0.15) is 5.10 Å². The first-order valence-electron chi connectivity index (χ1n) is 7.22. The largest absolute Gasteiger partial charge is 0.388 e. The third-order valence-electron chi connectivity index (χ3n) is 4.05. The molecule has 0 radical (unpaired) electrons. The number of nitrogens with zero attached hydrogens (tertiary/aromatic N) is 3. The van der Waals surface area contributed by atoms with Crippen LogP contribution in [0, 0.1) is 0 Å². The minimum atomic E-state index is -0.333. The molecule has 0 amide bonds. The maximum Gasteiger partial charge on any atom is 0.0826 e. The fraction of sp³-hybridized carbons (Fsp3) is 0.438. The van der Waals surface area contributed by atoms with Crippen LogP contribution in [-0.4, -0.2) is 21.4 Å². The monoisotopic (exact) mass is 271 g/mol. The van der Waals surface area contributed by atoms with Gasteiger partial charge in [0, 0.05) is 24.8 Å². The summed E-state index contributed by atoms with van der Waals surface area (Å²) in [6.45, 7) is 3.84. The third-order valence-corrected chi connectivity index (χ3v) is 4.05. The second-order valence-corrected chi connectivity index (χ2v) is 5.39. The van der Waals surface area contributed by atoms with Crippen LogP contribution in [0.15, 0.2) is 30.3 Å². The lowest BCUT2D eigenvalue weighted by atomic mass is 9.99. The minimum Gasteiger partial charge on any atom is -0.388 e. The summed E-state index contributed by atoms with van der Waals surface area (Å²) >= 11 is 0. The van der Waals surface area contributed by atoms with Gasteiger partial charge in [-0.05, 0) is 25.0 Å². The van der Waals surface area contributed by atoms with Gasteiger partial charge in [0.05, 0.1) is 24.0 Å². The first-order chi connectivity index (χ1) is 9.69. The Morgan fingerprint density at radius 1 is 1.35 bits per heavy atom. The molecule has 0 spiro atoms. The highest BCUT2D eigenvalue weighted by molar-refractivity contribution is 5.56. The van der Waals surface area contributed by atoms with Crippen molar-refractivity contribution in [2.24, 2.45) is 7.05 Å². The fourth-order valence-corrected chi connectivity index (χ4v) is 2.86. The molecule has 0 bridgehead atoms. The Labute approximate surface area is 119 Å². The number of benzene rings is 1. The van der Waals surface area contributed by atoms with Gasteiger partial charge >= 0.3 is 0 Å². The summed E-state index contributed by atoms with van der Waals surface area (Å²) in [5, 5.41) is 14.6. The van der Waals surface area contributed by atoms with E-state index in [0.717, 1.165) is 42.9 Å². The van der Waals surface area contributed by atoms with Crippen molar-refractivity contribution in [2.75, 3.05) is 11.4 Å². The molecule has 1 aliphatic heterocycles. The van der Waals surface area contributed by atoms with Crippen molar-refractivity contribution in [1.82, 2.24) is 9.78 Å². The molecule has 2 aromatic rings. The van der Waals surface area contributed by atoms with E-state index >= 15 is 0 Å². The molecule has 20 heavy (non-hydrogen) atoms. The SMILES string of the molecule is CCc1cc(CN2CCC(O)c3ccccc32)n(C)n1. The van der Waals surface area contributed by atoms with Gasteiger partial charge in [-0.25, -0.2) is 0 Å². The molecule has 0 saturated heterocycles. The predicted molar refractivity (Wildman–Crippen MR) is 79.7 cm³/mol. The molecule has 0 aliphatic carbocycles. The van der Waals surface area contributed by atoms with Crippen LogP contribution in [0.25, 0.3) is 0 Å². The summed E-state index contributed by atoms with van der Waals surface area (Å²) in [5.74, 6) is 0. The van der Waals surface area contributed by atoms with Crippen LogP contribution in [0.1, 0.15) is 36.4 Å². The molecule has 1 N–H and O–H groups in total. The number of anilines is 1. The molecule has 0 fully saturated rings. The van der Waals surface area contributed by atoms with Crippen molar-refractivity contribution < 1.29 is 5.11 Å². The topological polar surface area (TPSA) is 41.3 Å². The van der Waals surface area contributed by atoms with Gasteiger partial charge < -0.3 is 10.0 Å². The minimum absolute atomic E-state index is 0.333. The summed E-state index contributed by atoms with van der Waals surface area (Å²) in [5.41, 5.74) is 4.53. The summed E-state index contributed by atoms with van der Waals surface area (Å²) in [7, 11) is 2.00. The average Bonchev–Trinajstić information content (AvgIpc) is 2.83.